The van der Waals surface area contributed by atoms with Crippen molar-refractivity contribution in [1.82, 2.24) is 0 Å². The quantitative estimate of drug-likeness (QED) is 0.683. The van der Waals surface area contributed by atoms with Crippen molar-refractivity contribution in [3.63, 3.8) is 0 Å². The molecule has 2 nitrogen and oxygen atoms in total. The summed E-state index contributed by atoms with van der Waals surface area (Å²) in [6, 6.07) is 0. The van der Waals surface area contributed by atoms with Crippen molar-refractivity contribution < 1.29 is 10.2 Å². The van der Waals surface area contributed by atoms with Gasteiger partial charge in [0, 0.05) is 5.92 Å². The maximum atomic E-state index is 9.87. The minimum Gasteiger partial charge on any atom is -0.392 e. The normalized spacial score (nSPS) is 33.1. The molecule has 0 aromatic carbocycles. The lowest BCUT2D eigenvalue weighted by atomic mass is 9.78. The molecule has 0 saturated heterocycles. The number of allylic oxidation sites excluding steroid dienone is 1. The topological polar surface area (TPSA) is 40.5 Å². The van der Waals surface area contributed by atoms with Crippen LogP contribution >= 0.6 is 0 Å². The van der Waals surface area contributed by atoms with E-state index in [4.69, 9.17) is 0 Å². The molecule has 0 amide bonds. The average molecular weight is 198 g/mol. The fraction of sp³-hybridized carbons (Fsp3) is 0.833. The lowest BCUT2D eigenvalue weighted by Gasteiger charge is -2.34. The highest BCUT2D eigenvalue weighted by Gasteiger charge is 2.32. The summed E-state index contributed by atoms with van der Waals surface area (Å²) in [4.78, 5) is 0. The van der Waals surface area contributed by atoms with Gasteiger partial charge in [-0.15, -0.1) is 0 Å². The van der Waals surface area contributed by atoms with E-state index in [2.05, 4.69) is 6.92 Å². The van der Waals surface area contributed by atoms with Gasteiger partial charge in [0.2, 0.25) is 0 Å². The van der Waals surface area contributed by atoms with Crippen molar-refractivity contribution in [1.29, 1.82) is 0 Å². The molecule has 1 aliphatic rings. The van der Waals surface area contributed by atoms with Crippen LogP contribution in [0, 0.1) is 5.92 Å². The Balaban J connectivity index is 2.51. The maximum Gasteiger partial charge on any atom is 0.0630 e. The molecule has 0 aromatic heterocycles. The van der Waals surface area contributed by atoms with E-state index in [1.54, 1.807) is 0 Å². The van der Waals surface area contributed by atoms with Crippen LogP contribution in [0.3, 0.4) is 0 Å². The van der Waals surface area contributed by atoms with Gasteiger partial charge in [0.15, 0.2) is 0 Å². The molecule has 82 valence electrons. The van der Waals surface area contributed by atoms with Crippen molar-refractivity contribution in [2.75, 3.05) is 0 Å². The van der Waals surface area contributed by atoms with E-state index >= 15 is 0 Å². The molecule has 0 radical (unpaired) electrons. The number of hydrogen-bond acceptors (Lipinski definition) is 2. The molecule has 1 aliphatic carbocycles. The van der Waals surface area contributed by atoms with Crippen molar-refractivity contribution in [3.05, 3.63) is 11.6 Å². The maximum absolute atomic E-state index is 9.87. The van der Waals surface area contributed by atoms with Gasteiger partial charge in [-0.3, -0.25) is 0 Å². The lowest BCUT2D eigenvalue weighted by Crippen LogP contribution is -2.37. The summed E-state index contributed by atoms with van der Waals surface area (Å²) in [5.41, 5.74) is 1.19. The van der Waals surface area contributed by atoms with Crippen LogP contribution in [-0.4, -0.2) is 22.4 Å². The molecule has 1 rings (SSSR count). The Morgan fingerprint density at radius 3 is 2.29 bits per heavy atom. The Morgan fingerprint density at radius 1 is 1.29 bits per heavy atom. The molecule has 2 N–H and O–H groups in total. The van der Waals surface area contributed by atoms with Crippen LogP contribution in [0.1, 0.15) is 46.0 Å². The Hall–Kier alpha value is -0.340. The number of aliphatic hydroxyl groups excluding tert-OH is 2. The van der Waals surface area contributed by atoms with Crippen molar-refractivity contribution in [2.45, 2.75) is 58.2 Å². The monoisotopic (exact) mass is 198 g/mol. The third-order valence-corrected chi connectivity index (χ3v) is 3.23. The highest BCUT2D eigenvalue weighted by Crippen LogP contribution is 2.32. The first-order valence-electron chi connectivity index (χ1n) is 5.69. The minimum atomic E-state index is -0.337. The largest absolute Gasteiger partial charge is 0.392 e. The van der Waals surface area contributed by atoms with Gasteiger partial charge in [0.25, 0.3) is 0 Å². The lowest BCUT2D eigenvalue weighted by molar-refractivity contribution is -0.0103. The fourth-order valence-electron chi connectivity index (χ4n) is 2.24. The third kappa shape index (κ3) is 2.82. The zero-order valence-corrected chi connectivity index (χ0v) is 9.24. The van der Waals surface area contributed by atoms with Crippen LogP contribution in [0.4, 0.5) is 0 Å². The zero-order chi connectivity index (χ0) is 10.6. The first-order valence-corrected chi connectivity index (χ1v) is 5.69. The predicted octanol–water partition coefficient (Wildman–Crippen LogP) is 2.25. The molecule has 0 aromatic rings. The Kier molecular flexibility index (Phi) is 4.63. The zero-order valence-electron chi connectivity index (χ0n) is 9.24. The van der Waals surface area contributed by atoms with Gasteiger partial charge in [-0.05, 0) is 26.2 Å². The molecule has 0 aliphatic heterocycles. The predicted molar refractivity (Wildman–Crippen MR) is 58.0 cm³/mol. The summed E-state index contributed by atoms with van der Waals surface area (Å²) in [6.45, 7) is 4.11. The first-order chi connectivity index (χ1) is 6.69. The van der Waals surface area contributed by atoms with Crippen LogP contribution in [0.5, 0.6) is 0 Å². The molecule has 0 unspecified atom stereocenters. The molecule has 0 spiro atoms. The summed E-state index contributed by atoms with van der Waals surface area (Å²) in [6.07, 6.45) is 6.03. The summed E-state index contributed by atoms with van der Waals surface area (Å²) < 4.78 is 0. The second kappa shape index (κ2) is 5.52. The molecule has 0 bridgehead atoms. The molecule has 1 saturated carbocycles. The fourth-order valence-corrected chi connectivity index (χ4v) is 2.24. The van der Waals surface area contributed by atoms with Gasteiger partial charge < -0.3 is 10.2 Å². The van der Waals surface area contributed by atoms with Gasteiger partial charge in [0.05, 0.1) is 12.2 Å². The highest BCUT2D eigenvalue weighted by molar-refractivity contribution is 5.09. The minimum absolute atomic E-state index is 0.0960. The summed E-state index contributed by atoms with van der Waals surface area (Å²) >= 11 is 0. The van der Waals surface area contributed by atoms with Crippen LogP contribution < -0.4 is 0 Å². The third-order valence-electron chi connectivity index (χ3n) is 3.23. The van der Waals surface area contributed by atoms with E-state index in [1.807, 2.05) is 13.0 Å². The number of hydrogen-bond donors (Lipinski definition) is 2. The van der Waals surface area contributed by atoms with Gasteiger partial charge in [-0.25, -0.2) is 0 Å². The molecule has 14 heavy (non-hydrogen) atoms. The number of aliphatic hydroxyl groups is 2. The summed E-state index contributed by atoms with van der Waals surface area (Å²) in [7, 11) is 0. The van der Waals surface area contributed by atoms with Gasteiger partial charge in [0.1, 0.15) is 0 Å². The summed E-state index contributed by atoms with van der Waals surface area (Å²) in [5.74, 6) is 0.0960. The molecular weight excluding hydrogens is 176 g/mol. The van der Waals surface area contributed by atoms with Gasteiger partial charge in [-0.1, -0.05) is 31.4 Å². The number of unbranched alkanes of at least 4 members (excludes halogenated alkanes) is 1. The molecule has 1 fully saturated rings. The van der Waals surface area contributed by atoms with Crippen LogP contribution in [0.15, 0.2) is 11.6 Å². The SMILES string of the molecule is CC=C1C[C@@H](O)C(CCCC)[C@H](O)C1. The molecule has 2 atom stereocenters. The van der Waals surface area contributed by atoms with E-state index in [1.165, 1.54) is 5.57 Å². The van der Waals surface area contributed by atoms with E-state index in [0.29, 0.717) is 0 Å². The van der Waals surface area contributed by atoms with Crippen molar-refractivity contribution >= 4 is 0 Å². The second-order valence-electron chi connectivity index (χ2n) is 4.30. The van der Waals surface area contributed by atoms with Gasteiger partial charge in [-0.2, -0.15) is 0 Å². The molecule has 2 heteroatoms. The second-order valence-corrected chi connectivity index (χ2v) is 4.30. The Labute approximate surface area is 86.6 Å². The average Bonchev–Trinajstić information content (AvgIpc) is 2.16. The van der Waals surface area contributed by atoms with Crippen LogP contribution in [0.25, 0.3) is 0 Å². The molecular formula is C12H22O2. The molecule has 0 heterocycles. The van der Waals surface area contributed by atoms with Crippen LogP contribution in [-0.2, 0) is 0 Å². The Morgan fingerprint density at radius 2 is 1.86 bits per heavy atom. The number of rotatable bonds is 3. The van der Waals surface area contributed by atoms with Crippen molar-refractivity contribution in [3.8, 4) is 0 Å². The van der Waals surface area contributed by atoms with Crippen LogP contribution in [0.2, 0.25) is 0 Å². The van der Waals surface area contributed by atoms with E-state index in [-0.39, 0.29) is 18.1 Å². The first kappa shape index (κ1) is 11.7. The standard InChI is InChI=1S/C12H22O2/c1-3-5-6-10-11(13)7-9(4-2)8-12(10)14/h4,10-14H,3,5-8H2,1-2H3/t10?,11-,12-/m1/s1. The van der Waals surface area contributed by atoms with E-state index < -0.39 is 0 Å². The highest BCUT2D eigenvalue weighted by atomic mass is 16.3. The van der Waals surface area contributed by atoms with Gasteiger partial charge >= 0.3 is 0 Å². The van der Waals surface area contributed by atoms with E-state index in [9.17, 15) is 10.2 Å². The van der Waals surface area contributed by atoms with Crippen molar-refractivity contribution in [2.24, 2.45) is 5.92 Å². The Bertz CT molecular complexity index is 184. The summed E-state index contributed by atoms with van der Waals surface area (Å²) in [5, 5.41) is 19.7. The smallest absolute Gasteiger partial charge is 0.0630 e. The van der Waals surface area contributed by atoms with E-state index in [0.717, 1.165) is 32.1 Å².